The monoisotopic (exact) mass is 434 g/mol. The van der Waals surface area contributed by atoms with Crippen LogP contribution in [0, 0.1) is 0 Å². The number of fused-ring (bicyclic) bond motifs is 2. The average Bonchev–Trinajstić information content (AvgIpc) is 3.47. The standard InChI is InChI=1S/C22H26N8O2/c1-2-6-16-15(5-1)25-17(26-16)13-23-20-19-21(28-22(27-20)29-8-11-31-12-9-29)30(14-24-19)18-7-3-4-10-32-18/h1-2,5-6,14,18H,3-4,7-13H2,(H,25,26)(H,23,27,28). The van der Waals surface area contributed by atoms with Crippen molar-refractivity contribution in [1.82, 2.24) is 29.5 Å². The minimum atomic E-state index is -0.0376. The second-order valence-electron chi connectivity index (χ2n) is 8.17. The Kier molecular flexibility index (Phi) is 5.08. The average molecular weight is 435 g/mol. The van der Waals surface area contributed by atoms with Crippen molar-refractivity contribution in [3.05, 3.63) is 36.4 Å². The van der Waals surface area contributed by atoms with Crippen molar-refractivity contribution in [2.75, 3.05) is 43.1 Å². The molecule has 0 bridgehead atoms. The number of para-hydroxylation sites is 2. The van der Waals surface area contributed by atoms with E-state index in [0.717, 1.165) is 67.0 Å². The number of nitrogens with one attached hydrogen (secondary N) is 2. The molecule has 3 aromatic heterocycles. The van der Waals surface area contributed by atoms with E-state index in [1.54, 1.807) is 0 Å². The Bertz CT molecular complexity index is 1190. The molecule has 166 valence electrons. The van der Waals surface area contributed by atoms with Crippen LogP contribution in [0.3, 0.4) is 0 Å². The lowest BCUT2D eigenvalue weighted by Gasteiger charge is -2.27. The smallest absolute Gasteiger partial charge is 0.229 e. The van der Waals surface area contributed by atoms with Gasteiger partial charge >= 0.3 is 0 Å². The molecule has 1 aromatic carbocycles. The van der Waals surface area contributed by atoms with Crippen LogP contribution in [0.4, 0.5) is 11.8 Å². The first-order valence-electron chi connectivity index (χ1n) is 11.2. The largest absolute Gasteiger partial charge is 0.378 e. The van der Waals surface area contributed by atoms with E-state index in [9.17, 15) is 0 Å². The molecule has 0 aliphatic carbocycles. The molecular formula is C22H26N8O2. The van der Waals surface area contributed by atoms with E-state index in [0.29, 0.717) is 31.5 Å². The van der Waals surface area contributed by atoms with Gasteiger partial charge in [0.05, 0.1) is 37.1 Å². The first-order valence-corrected chi connectivity index (χ1v) is 11.2. The Balaban J connectivity index is 1.35. The number of hydrogen-bond donors (Lipinski definition) is 2. The van der Waals surface area contributed by atoms with Crippen molar-refractivity contribution in [1.29, 1.82) is 0 Å². The topological polar surface area (TPSA) is 106 Å². The number of benzene rings is 1. The number of hydrogen-bond acceptors (Lipinski definition) is 8. The minimum absolute atomic E-state index is 0.0376. The van der Waals surface area contributed by atoms with Crippen LogP contribution in [0.1, 0.15) is 31.3 Å². The Labute approximate surface area is 185 Å². The molecule has 2 fully saturated rings. The summed E-state index contributed by atoms with van der Waals surface area (Å²) in [5.41, 5.74) is 3.50. The molecule has 6 rings (SSSR count). The molecule has 0 amide bonds. The highest BCUT2D eigenvalue weighted by molar-refractivity contribution is 5.84. The summed E-state index contributed by atoms with van der Waals surface area (Å²) in [4.78, 5) is 24.6. The van der Waals surface area contributed by atoms with Crippen LogP contribution in [-0.4, -0.2) is 62.4 Å². The number of aromatic amines is 1. The Morgan fingerprint density at radius 1 is 1.06 bits per heavy atom. The van der Waals surface area contributed by atoms with Crippen LogP contribution in [0.15, 0.2) is 30.6 Å². The maximum absolute atomic E-state index is 6.01. The molecule has 2 saturated heterocycles. The van der Waals surface area contributed by atoms with Gasteiger partial charge in [-0.15, -0.1) is 0 Å². The number of rotatable bonds is 5. The van der Waals surface area contributed by atoms with Crippen LogP contribution < -0.4 is 10.2 Å². The Hall–Kier alpha value is -3.24. The summed E-state index contributed by atoms with van der Waals surface area (Å²) in [6.07, 6.45) is 4.99. The molecule has 0 saturated carbocycles. The van der Waals surface area contributed by atoms with Gasteiger partial charge < -0.3 is 24.7 Å². The molecule has 10 nitrogen and oxygen atoms in total. The first kappa shape index (κ1) is 19.4. The SMILES string of the molecule is c1ccc2[nH]c(CNc3nc(N4CCOCC4)nc4c3ncn4C3CCCCO3)nc2c1. The van der Waals surface area contributed by atoms with E-state index < -0.39 is 0 Å². The van der Waals surface area contributed by atoms with E-state index in [1.807, 2.05) is 35.2 Å². The summed E-state index contributed by atoms with van der Waals surface area (Å²) < 4.78 is 13.6. The summed E-state index contributed by atoms with van der Waals surface area (Å²) >= 11 is 0. The minimum Gasteiger partial charge on any atom is -0.378 e. The molecule has 1 unspecified atom stereocenters. The first-order chi connectivity index (χ1) is 15.8. The number of nitrogens with zero attached hydrogens (tertiary/aromatic N) is 6. The van der Waals surface area contributed by atoms with Gasteiger partial charge in [-0.3, -0.25) is 4.57 Å². The van der Waals surface area contributed by atoms with Crippen molar-refractivity contribution in [3.63, 3.8) is 0 Å². The van der Waals surface area contributed by atoms with Crippen molar-refractivity contribution < 1.29 is 9.47 Å². The maximum Gasteiger partial charge on any atom is 0.229 e. The van der Waals surface area contributed by atoms with E-state index in [4.69, 9.17) is 19.4 Å². The van der Waals surface area contributed by atoms with Crippen LogP contribution in [0.25, 0.3) is 22.2 Å². The third kappa shape index (κ3) is 3.65. The number of morpholine rings is 1. The third-order valence-electron chi connectivity index (χ3n) is 6.03. The zero-order chi connectivity index (χ0) is 21.3. The number of anilines is 2. The quantitative estimate of drug-likeness (QED) is 0.494. The molecule has 2 aliphatic heterocycles. The second-order valence-corrected chi connectivity index (χ2v) is 8.17. The molecule has 4 aromatic rings. The van der Waals surface area contributed by atoms with E-state index in [-0.39, 0.29) is 6.23 Å². The zero-order valence-electron chi connectivity index (χ0n) is 17.8. The number of H-pyrrole nitrogens is 1. The number of ether oxygens (including phenoxy) is 2. The molecule has 1 atom stereocenters. The fourth-order valence-electron chi connectivity index (χ4n) is 4.34. The predicted octanol–water partition coefficient (Wildman–Crippen LogP) is 2.85. The highest BCUT2D eigenvalue weighted by atomic mass is 16.5. The number of aromatic nitrogens is 6. The van der Waals surface area contributed by atoms with E-state index in [1.165, 1.54) is 0 Å². The van der Waals surface area contributed by atoms with Crippen molar-refractivity contribution in [2.45, 2.75) is 32.0 Å². The van der Waals surface area contributed by atoms with Gasteiger partial charge in [0.25, 0.3) is 0 Å². The van der Waals surface area contributed by atoms with Gasteiger partial charge in [0.2, 0.25) is 5.95 Å². The van der Waals surface area contributed by atoms with Gasteiger partial charge in [-0.2, -0.15) is 9.97 Å². The maximum atomic E-state index is 6.01. The Morgan fingerprint density at radius 2 is 1.97 bits per heavy atom. The lowest BCUT2D eigenvalue weighted by Crippen LogP contribution is -2.37. The van der Waals surface area contributed by atoms with Gasteiger partial charge in [0.1, 0.15) is 12.1 Å². The van der Waals surface area contributed by atoms with Crippen LogP contribution in [0.2, 0.25) is 0 Å². The fraction of sp³-hybridized carbons (Fsp3) is 0.455. The van der Waals surface area contributed by atoms with E-state index >= 15 is 0 Å². The summed E-state index contributed by atoms with van der Waals surface area (Å²) in [5, 5.41) is 3.44. The van der Waals surface area contributed by atoms with Crippen LogP contribution in [0.5, 0.6) is 0 Å². The molecule has 2 aliphatic rings. The lowest BCUT2D eigenvalue weighted by molar-refractivity contribution is -0.0298. The van der Waals surface area contributed by atoms with Crippen LogP contribution in [-0.2, 0) is 16.0 Å². The van der Waals surface area contributed by atoms with Gasteiger partial charge in [0, 0.05) is 19.7 Å². The van der Waals surface area contributed by atoms with Crippen molar-refractivity contribution in [2.24, 2.45) is 0 Å². The van der Waals surface area contributed by atoms with Crippen molar-refractivity contribution >= 4 is 34.0 Å². The normalized spacial score (nSPS) is 19.6. The Morgan fingerprint density at radius 3 is 2.81 bits per heavy atom. The van der Waals surface area contributed by atoms with Gasteiger partial charge in [-0.1, -0.05) is 12.1 Å². The number of imidazole rings is 2. The molecule has 0 radical (unpaired) electrons. The fourth-order valence-corrected chi connectivity index (χ4v) is 4.34. The summed E-state index contributed by atoms with van der Waals surface area (Å²) in [7, 11) is 0. The predicted molar refractivity (Wildman–Crippen MR) is 121 cm³/mol. The van der Waals surface area contributed by atoms with Crippen LogP contribution >= 0.6 is 0 Å². The molecule has 0 spiro atoms. The van der Waals surface area contributed by atoms with Gasteiger partial charge in [-0.05, 0) is 31.4 Å². The highest BCUT2D eigenvalue weighted by Gasteiger charge is 2.23. The molecular weight excluding hydrogens is 408 g/mol. The summed E-state index contributed by atoms with van der Waals surface area (Å²) in [5.74, 6) is 2.23. The van der Waals surface area contributed by atoms with Crippen molar-refractivity contribution in [3.8, 4) is 0 Å². The summed E-state index contributed by atoms with van der Waals surface area (Å²) in [6, 6.07) is 8.01. The van der Waals surface area contributed by atoms with E-state index in [2.05, 4.69) is 25.2 Å². The summed E-state index contributed by atoms with van der Waals surface area (Å²) in [6.45, 7) is 4.16. The molecule has 10 heteroatoms. The highest BCUT2D eigenvalue weighted by Crippen LogP contribution is 2.29. The zero-order valence-corrected chi connectivity index (χ0v) is 17.8. The molecule has 5 heterocycles. The third-order valence-corrected chi connectivity index (χ3v) is 6.03. The molecule has 2 N–H and O–H groups in total. The van der Waals surface area contributed by atoms with Gasteiger partial charge in [0.15, 0.2) is 17.0 Å². The molecule has 32 heavy (non-hydrogen) atoms. The second kappa shape index (κ2) is 8.36. The van der Waals surface area contributed by atoms with Gasteiger partial charge in [-0.25, -0.2) is 9.97 Å². The lowest BCUT2D eigenvalue weighted by atomic mass is 10.2.